The molecular weight excluding hydrogens is 1130 g/mol. The van der Waals surface area contributed by atoms with E-state index in [1.54, 1.807) is 71.9 Å². The first-order chi connectivity index (χ1) is 40.0. The van der Waals surface area contributed by atoms with Gasteiger partial charge in [0.2, 0.25) is 20.0 Å². The van der Waals surface area contributed by atoms with Crippen LogP contribution >= 0.6 is 0 Å². The van der Waals surface area contributed by atoms with Gasteiger partial charge in [-0.3, -0.25) is 9.59 Å². The normalized spacial score (nSPS) is 11.9. The second kappa shape index (κ2) is 32.8. The lowest BCUT2D eigenvalue weighted by Gasteiger charge is -2.26. The summed E-state index contributed by atoms with van der Waals surface area (Å²) in [6.45, 7) is 24.9. The fourth-order valence-electron chi connectivity index (χ4n) is 8.84. The minimum absolute atomic E-state index is 0.0141. The Kier molecular flexibility index (Phi) is 27.3. The molecule has 17 nitrogen and oxygen atoms in total. The largest absolute Gasteiger partial charge is 0.494 e. The number of sulfonamides is 2. The maximum atomic E-state index is 13.8. The summed E-state index contributed by atoms with van der Waals surface area (Å²) in [7, 11) is -8.09. The fraction of sp³-hybridized carbons (Fsp3) is 0.508. The predicted molar refractivity (Wildman–Crippen MR) is 335 cm³/mol. The van der Waals surface area contributed by atoms with E-state index in [2.05, 4.69) is 25.7 Å². The van der Waals surface area contributed by atoms with Crippen LogP contribution in [0.5, 0.6) is 5.75 Å². The van der Waals surface area contributed by atoms with Gasteiger partial charge < -0.3 is 33.1 Å². The molecule has 0 bridgehead atoms. The summed E-state index contributed by atoms with van der Waals surface area (Å²) < 4.78 is 93.2. The Morgan fingerprint density at radius 1 is 0.529 bits per heavy atom. The Morgan fingerprint density at radius 2 is 0.906 bits per heavy atom. The Morgan fingerprint density at radius 3 is 1.26 bits per heavy atom. The van der Waals surface area contributed by atoms with E-state index >= 15 is 0 Å². The number of hydrogen-bond donors (Lipinski definition) is 1. The van der Waals surface area contributed by atoms with Gasteiger partial charge in [0.1, 0.15) is 45.5 Å². The van der Waals surface area contributed by atoms with E-state index in [0.717, 1.165) is 64.0 Å². The molecule has 0 atom stereocenters. The number of carbonyl (C=O) groups excluding carboxylic acids is 4. The van der Waals surface area contributed by atoms with E-state index in [-0.39, 0.29) is 34.1 Å². The molecule has 6 aromatic rings. The fourth-order valence-corrected chi connectivity index (χ4v) is 10.5. The third-order valence-corrected chi connectivity index (χ3v) is 15.0. The number of aliphatic hydroxyl groups excluding tert-OH is 1. The van der Waals surface area contributed by atoms with Gasteiger partial charge in [-0.05, 0) is 178 Å². The minimum Gasteiger partial charge on any atom is -0.494 e. The second-order valence-electron chi connectivity index (χ2n) is 22.9. The molecule has 4 aromatic carbocycles. The maximum Gasteiger partial charge on any atom is 0.428 e. The molecule has 2 heterocycles. The van der Waals surface area contributed by atoms with Crippen LogP contribution in [0.1, 0.15) is 190 Å². The Balaban J connectivity index is 0.000000303. The number of furan rings is 2. The van der Waals surface area contributed by atoms with Crippen molar-refractivity contribution in [1.82, 2.24) is 4.90 Å². The van der Waals surface area contributed by atoms with Gasteiger partial charge in [0, 0.05) is 47.9 Å². The Hall–Kier alpha value is -6.61. The molecule has 6 rings (SSSR count). The van der Waals surface area contributed by atoms with Crippen molar-refractivity contribution in [2.24, 2.45) is 0 Å². The number of ketones is 2. The van der Waals surface area contributed by atoms with Crippen molar-refractivity contribution in [3.8, 4) is 5.75 Å². The van der Waals surface area contributed by atoms with Crippen molar-refractivity contribution >= 4 is 77.1 Å². The van der Waals surface area contributed by atoms with Crippen molar-refractivity contribution in [1.29, 1.82) is 0 Å². The number of anilines is 2. The number of unbranched alkanes of at least 4 members (excludes halogenated alkanes) is 5. The molecule has 20 heteroatoms. The quantitative estimate of drug-likeness (QED) is 0.0374. The molecule has 2 amide bonds. The molecule has 0 aliphatic rings. The third kappa shape index (κ3) is 21.7. The zero-order valence-corrected chi connectivity index (χ0v) is 53.7. The topological polar surface area (TPSA) is 220 Å². The summed E-state index contributed by atoms with van der Waals surface area (Å²) in [6, 6.07) is 21.0. The number of aliphatic hydroxyl groups is 1. The van der Waals surface area contributed by atoms with Crippen LogP contribution < -0.4 is 13.3 Å². The number of carbonyl (C=O) groups is 4. The Bertz CT molecular complexity index is 3340. The summed E-state index contributed by atoms with van der Waals surface area (Å²) in [5.41, 5.74) is 0.383. The Labute approximate surface area is 503 Å². The van der Waals surface area contributed by atoms with Crippen molar-refractivity contribution in [3.05, 3.63) is 125 Å². The minimum atomic E-state index is -4.05. The summed E-state index contributed by atoms with van der Waals surface area (Å²) in [5, 5.41) is 9.53. The van der Waals surface area contributed by atoms with Gasteiger partial charge in [-0.15, -0.1) is 0 Å². The number of aryl methyl sites for hydroxylation is 2. The van der Waals surface area contributed by atoms with E-state index in [1.165, 1.54) is 93.4 Å². The van der Waals surface area contributed by atoms with Gasteiger partial charge in [-0.25, -0.2) is 30.8 Å². The van der Waals surface area contributed by atoms with Crippen LogP contribution in [0.3, 0.4) is 0 Å². The highest BCUT2D eigenvalue weighted by molar-refractivity contribution is 7.93. The van der Waals surface area contributed by atoms with E-state index in [1.807, 2.05) is 13.8 Å². The van der Waals surface area contributed by atoms with Crippen molar-refractivity contribution in [2.45, 2.75) is 171 Å². The molecular formula is C65H90FN3O14S2. The van der Waals surface area contributed by atoms with Gasteiger partial charge in [-0.2, -0.15) is 8.61 Å². The first-order valence-electron chi connectivity index (χ1n) is 29.5. The molecule has 0 unspecified atom stereocenters. The monoisotopic (exact) mass is 1220 g/mol. The van der Waals surface area contributed by atoms with Gasteiger partial charge >= 0.3 is 12.2 Å². The summed E-state index contributed by atoms with van der Waals surface area (Å²) >= 11 is 0. The van der Waals surface area contributed by atoms with Crippen LogP contribution in [0.2, 0.25) is 0 Å². The predicted octanol–water partition coefficient (Wildman–Crippen LogP) is 15.0. The van der Waals surface area contributed by atoms with Crippen LogP contribution in [0, 0.1) is 5.82 Å². The number of halogens is 1. The average molecular weight is 1220 g/mol. The summed E-state index contributed by atoms with van der Waals surface area (Å²) in [6.07, 6.45) is 12.1. The SMILES string of the molecule is CCCCN(CCCC)CCCO.CCCCOc1ccc(C(=O)c2c(CCCC)oc3ccc(N(C(=O)OC(C)(C)C)S(C)(=O)=O)cc23)cc1.CCCCc1oc2ccc(N(C(=O)OC(C)(C)C)S(C)(=O)=O)cc2c1C(=O)c1ccc(F)cc1. The van der Waals surface area contributed by atoms with Crippen molar-refractivity contribution < 1.29 is 68.6 Å². The average Bonchev–Trinajstić information content (AvgIpc) is 2.28. The van der Waals surface area contributed by atoms with Gasteiger partial charge in [0.15, 0.2) is 11.6 Å². The van der Waals surface area contributed by atoms with E-state index < -0.39 is 49.3 Å². The van der Waals surface area contributed by atoms with E-state index in [4.69, 9.17) is 28.2 Å². The highest BCUT2D eigenvalue weighted by Crippen LogP contribution is 2.36. The van der Waals surface area contributed by atoms with E-state index in [9.17, 15) is 40.4 Å². The highest BCUT2D eigenvalue weighted by Gasteiger charge is 2.34. The second-order valence-corrected chi connectivity index (χ2v) is 26.6. The smallest absolute Gasteiger partial charge is 0.428 e. The number of amides is 2. The molecule has 0 fully saturated rings. The molecule has 0 aliphatic heterocycles. The number of benzene rings is 4. The number of nitrogens with zero attached hydrogens (tertiary/aromatic N) is 3. The molecule has 0 saturated heterocycles. The first-order valence-corrected chi connectivity index (χ1v) is 33.2. The van der Waals surface area contributed by atoms with Crippen molar-refractivity contribution in [2.75, 3.05) is 54.0 Å². The van der Waals surface area contributed by atoms with Gasteiger partial charge in [0.05, 0.1) is 41.6 Å². The third-order valence-electron chi connectivity index (χ3n) is 13.0. The van der Waals surface area contributed by atoms with E-state index in [0.29, 0.717) is 85.0 Å². The lowest BCUT2D eigenvalue weighted by Crippen LogP contribution is -2.40. The maximum absolute atomic E-state index is 13.8. The molecule has 0 aliphatic carbocycles. The molecule has 0 saturated carbocycles. The molecule has 468 valence electrons. The first kappa shape index (κ1) is 70.9. The van der Waals surface area contributed by atoms with Crippen LogP contribution in [-0.2, 0) is 42.4 Å². The van der Waals surface area contributed by atoms with Crippen LogP contribution in [0.25, 0.3) is 21.9 Å². The van der Waals surface area contributed by atoms with Gasteiger partial charge in [0.25, 0.3) is 0 Å². The zero-order chi connectivity index (χ0) is 63.3. The lowest BCUT2D eigenvalue weighted by atomic mass is 9.98. The van der Waals surface area contributed by atoms with Crippen LogP contribution in [-0.4, -0.2) is 107 Å². The number of rotatable bonds is 27. The lowest BCUT2D eigenvalue weighted by molar-refractivity contribution is 0.0597. The molecule has 2 aromatic heterocycles. The van der Waals surface area contributed by atoms with Crippen LogP contribution in [0.4, 0.5) is 25.4 Å². The number of hydrogen-bond acceptors (Lipinski definition) is 15. The summed E-state index contributed by atoms with van der Waals surface area (Å²) in [4.78, 5) is 55.3. The van der Waals surface area contributed by atoms with Gasteiger partial charge in [-0.1, -0.05) is 66.7 Å². The number of fused-ring (bicyclic) bond motifs is 2. The highest BCUT2D eigenvalue weighted by atomic mass is 32.2. The van der Waals surface area contributed by atoms with Crippen LogP contribution in [0.15, 0.2) is 93.8 Å². The number of ether oxygens (including phenoxy) is 3. The van der Waals surface area contributed by atoms with Crippen molar-refractivity contribution in [3.63, 3.8) is 0 Å². The standard InChI is InChI=1S/C29H37NO7S.C25H28FNO6S.C11H25NO/c1-7-9-11-25-26(27(31)20-12-15-22(16-13-20)35-18-10-8-2)23-19-21(14-17-24(23)36-25)30(38(6,33)34)28(32)37-29(3,4)5;1-6-7-8-21-22(23(28)16-9-11-17(26)12-10-16)19-15-18(13-14-20(19)32-21)27(34(5,30)31)24(29)33-25(2,3)4;1-3-5-8-12(9-6-4-2)10-7-11-13/h12-17,19H,7-11,18H2,1-6H3;9-15H,6-8H2,1-5H3;13H,3-11H2,1-2H3. The zero-order valence-electron chi connectivity index (χ0n) is 52.1. The molecule has 0 spiro atoms. The molecule has 1 N–H and O–H groups in total. The molecule has 0 radical (unpaired) electrons. The summed E-state index contributed by atoms with van der Waals surface area (Å²) in [5.74, 6) is 0.548. The molecule has 85 heavy (non-hydrogen) atoms.